The summed E-state index contributed by atoms with van der Waals surface area (Å²) >= 11 is 6.04. The van der Waals surface area contributed by atoms with Crippen LogP contribution in [0.15, 0.2) is 59.3 Å². The monoisotopic (exact) mass is 295 g/mol. The minimum atomic E-state index is 0.624. The summed E-state index contributed by atoms with van der Waals surface area (Å²) in [6.45, 7) is 0. The second kappa shape index (κ2) is 4.75. The number of nitrogens with zero attached hydrogens (tertiary/aromatic N) is 2. The summed E-state index contributed by atoms with van der Waals surface area (Å²) in [6.07, 6.45) is 1.52. The molecule has 0 bridgehead atoms. The zero-order chi connectivity index (χ0) is 14.2. The van der Waals surface area contributed by atoms with Crippen molar-refractivity contribution in [1.29, 1.82) is 0 Å². The van der Waals surface area contributed by atoms with Crippen LogP contribution in [0, 0.1) is 0 Å². The molecule has 2 aromatic carbocycles. The first kappa shape index (κ1) is 12.2. The van der Waals surface area contributed by atoms with E-state index in [1.807, 2.05) is 42.5 Å². The minimum Gasteiger partial charge on any atom is -0.450 e. The number of rotatable bonds is 2. The number of hydrogen-bond acceptors (Lipinski definition) is 4. The fourth-order valence-corrected chi connectivity index (χ4v) is 2.47. The number of hydrogen-bond donors (Lipinski definition) is 1. The largest absolute Gasteiger partial charge is 0.450 e. The Morgan fingerprint density at radius 1 is 1.00 bits per heavy atom. The topological polar surface area (TPSA) is 51.0 Å². The first-order chi connectivity index (χ1) is 10.3. The summed E-state index contributed by atoms with van der Waals surface area (Å²) in [4.78, 5) is 8.58. The first-order valence-corrected chi connectivity index (χ1v) is 6.84. The molecule has 4 aromatic rings. The van der Waals surface area contributed by atoms with Gasteiger partial charge < -0.3 is 9.73 Å². The molecular formula is C16H10ClN3O. The van der Waals surface area contributed by atoms with Crippen LogP contribution in [0.2, 0.25) is 5.02 Å². The smallest absolute Gasteiger partial charge is 0.196 e. The number of halogens is 1. The lowest BCUT2D eigenvalue weighted by molar-refractivity contribution is 0.667. The Balaban J connectivity index is 1.92. The Hall–Kier alpha value is -2.59. The molecule has 0 aliphatic rings. The predicted molar refractivity (Wildman–Crippen MR) is 84.0 cm³/mol. The van der Waals surface area contributed by atoms with Crippen LogP contribution >= 0.6 is 11.6 Å². The van der Waals surface area contributed by atoms with Gasteiger partial charge in [0.05, 0.1) is 0 Å². The molecule has 5 heteroatoms. The molecule has 0 saturated carbocycles. The number of benzene rings is 2. The fraction of sp³-hybridized carbons (Fsp3) is 0. The summed E-state index contributed by atoms with van der Waals surface area (Å²) in [5.41, 5.74) is 3.06. The molecule has 0 atom stereocenters. The molecule has 21 heavy (non-hydrogen) atoms. The van der Waals surface area contributed by atoms with Crippen molar-refractivity contribution in [3.63, 3.8) is 0 Å². The second-order valence-electron chi connectivity index (χ2n) is 4.63. The van der Waals surface area contributed by atoms with Crippen LogP contribution in [-0.4, -0.2) is 9.97 Å². The summed E-state index contributed by atoms with van der Waals surface area (Å²) in [7, 11) is 0. The fourth-order valence-electron chi connectivity index (χ4n) is 2.30. The van der Waals surface area contributed by atoms with Gasteiger partial charge in [-0.1, -0.05) is 29.8 Å². The van der Waals surface area contributed by atoms with Crippen LogP contribution in [0.3, 0.4) is 0 Å². The molecule has 0 spiro atoms. The lowest BCUT2D eigenvalue weighted by atomic mass is 10.2. The van der Waals surface area contributed by atoms with Crippen LogP contribution in [0.1, 0.15) is 0 Å². The van der Waals surface area contributed by atoms with Gasteiger partial charge in [0.15, 0.2) is 11.4 Å². The molecule has 0 unspecified atom stereocenters. The third-order valence-electron chi connectivity index (χ3n) is 3.25. The van der Waals surface area contributed by atoms with Crippen molar-refractivity contribution >= 4 is 45.2 Å². The molecule has 4 rings (SSSR count). The Morgan fingerprint density at radius 2 is 1.86 bits per heavy atom. The van der Waals surface area contributed by atoms with E-state index in [0.29, 0.717) is 16.4 Å². The van der Waals surface area contributed by atoms with E-state index in [-0.39, 0.29) is 0 Å². The third kappa shape index (κ3) is 2.10. The molecule has 0 saturated heterocycles. The number of fused-ring (bicyclic) bond motifs is 3. The Kier molecular flexibility index (Phi) is 2.75. The Morgan fingerprint density at radius 3 is 2.71 bits per heavy atom. The highest BCUT2D eigenvalue weighted by molar-refractivity contribution is 6.31. The molecule has 2 aromatic heterocycles. The molecule has 1 N–H and O–H groups in total. The third-order valence-corrected chi connectivity index (χ3v) is 3.48. The van der Waals surface area contributed by atoms with Crippen molar-refractivity contribution < 1.29 is 4.42 Å². The normalized spacial score (nSPS) is 11.1. The van der Waals surface area contributed by atoms with Crippen molar-refractivity contribution in [2.24, 2.45) is 0 Å². The van der Waals surface area contributed by atoms with Gasteiger partial charge in [0.2, 0.25) is 0 Å². The van der Waals surface area contributed by atoms with Crippen LogP contribution in [0.5, 0.6) is 0 Å². The summed E-state index contributed by atoms with van der Waals surface area (Å²) in [6, 6.07) is 15.3. The zero-order valence-corrected chi connectivity index (χ0v) is 11.6. The number of aromatic nitrogens is 2. The molecule has 0 aliphatic heterocycles. The highest BCUT2D eigenvalue weighted by atomic mass is 35.5. The number of anilines is 2. The lowest BCUT2D eigenvalue weighted by Gasteiger charge is -2.04. The van der Waals surface area contributed by atoms with E-state index >= 15 is 0 Å². The zero-order valence-electron chi connectivity index (χ0n) is 10.9. The predicted octanol–water partition coefficient (Wildman–Crippen LogP) is 4.77. The summed E-state index contributed by atoms with van der Waals surface area (Å²) in [5.74, 6) is 0.638. The highest BCUT2D eigenvalue weighted by Crippen LogP contribution is 2.33. The van der Waals surface area contributed by atoms with Crippen LogP contribution in [-0.2, 0) is 0 Å². The minimum absolute atomic E-state index is 0.624. The van der Waals surface area contributed by atoms with Crippen LogP contribution < -0.4 is 5.32 Å². The van der Waals surface area contributed by atoms with Gasteiger partial charge in [-0.2, -0.15) is 0 Å². The Bertz CT molecular complexity index is 934. The number of para-hydroxylation sites is 1. The number of furan rings is 1. The van der Waals surface area contributed by atoms with Gasteiger partial charge in [-0.25, -0.2) is 9.97 Å². The SMILES string of the molecule is Clc1ccc2oc3c(Nc4ccccc4)ncnc3c2c1. The van der Waals surface area contributed by atoms with E-state index in [1.165, 1.54) is 6.33 Å². The van der Waals surface area contributed by atoms with Crippen molar-refractivity contribution in [3.8, 4) is 0 Å². The Labute approximate surface area is 125 Å². The van der Waals surface area contributed by atoms with E-state index in [9.17, 15) is 0 Å². The van der Waals surface area contributed by atoms with E-state index in [2.05, 4.69) is 15.3 Å². The lowest BCUT2D eigenvalue weighted by Crippen LogP contribution is -1.94. The molecule has 0 fully saturated rings. The molecule has 4 nitrogen and oxygen atoms in total. The van der Waals surface area contributed by atoms with Gasteiger partial charge in [0.1, 0.15) is 17.4 Å². The molecule has 2 heterocycles. The quantitative estimate of drug-likeness (QED) is 0.578. The standard InChI is InChI=1S/C16H10ClN3O/c17-10-6-7-13-12(8-10)14-15(21-13)16(19-9-18-14)20-11-4-2-1-3-5-11/h1-9H,(H,18,19,20). The van der Waals surface area contributed by atoms with Gasteiger partial charge in [0.25, 0.3) is 0 Å². The van der Waals surface area contributed by atoms with Crippen molar-refractivity contribution in [2.45, 2.75) is 0 Å². The van der Waals surface area contributed by atoms with Crippen molar-refractivity contribution in [1.82, 2.24) is 9.97 Å². The molecule has 0 aliphatic carbocycles. The molecule has 0 amide bonds. The second-order valence-corrected chi connectivity index (χ2v) is 5.07. The molecular weight excluding hydrogens is 286 g/mol. The van der Waals surface area contributed by atoms with E-state index in [4.69, 9.17) is 16.0 Å². The first-order valence-electron chi connectivity index (χ1n) is 6.46. The van der Waals surface area contributed by atoms with Crippen LogP contribution in [0.25, 0.3) is 22.1 Å². The van der Waals surface area contributed by atoms with Gasteiger partial charge in [0, 0.05) is 16.1 Å². The van der Waals surface area contributed by atoms with Gasteiger partial charge in [-0.3, -0.25) is 0 Å². The highest BCUT2D eigenvalue weighted by Gasteiger charge is 2.13. The van der Waals surface area contributed by atoms with Gasteiger partial charge in [-0.05, 0) is 30.3 Å². The average Bonchev–Trinajstić information content (AvgIpc) is 2.88. The van der Waals surface area contributed by atoms with Gasteiger partial charge >= 0.3 is 0 Å². The van der Waals surface area contributed by atoms with E-state index < -0.39 is 0 Å². The van der Waals surface area contributed by atoms with E-state index in [0.717, 1.165) is 22.2 Å². The summed E-state index contributed by atoms with van der Waals surface area (Å²) < 4.78 is 5.86. The maximum atomic E-state index is 6.04. The number of nitrogens with one attached hydrogen (secondary N) is 1. The maximum Gasteiger partial charge on any atom is 0.196 e. The average molecular weight is 296 g/mol. The van der Waals surface area contributed by atoms with Crippen molar-refractivity contribution in [2.75, 3.05) is 5.32 Å². The molecule has 102 valence electrons. The van der Waals surface area contributed by atoms with Crippen molar-refractivity contribution in [3.05, 3.63) is 59.9 Å². The maximum absolute atomic E-state index is 6.04. The molecule has 0 radical (unpaired) electrons. The van der Waals surface area contributed by atoms with E-state index in [1.54, 1.807) is 6.07 Å². The summed E-state index contributed by atoms with van der Waals surface area (Å²) in [5, 5.41) is 4.78. The van der Waals surface area contributed by atoms with Gasteiger partial charge in [-0.15, -0.1) is 0 Å². The van der Waals surface area contributed by atoms with Crippen LogP contribution in [0.4, 0.5) is 11.5 Å².